The van der Waals surface area contributed by atoms with Gasteiger partial charge in [0.25, 0.3) is 0 Å². The number of carboxylic acids is 1. The first-order chi connectivity index (χ1) is 9.27. The molecule has 2 aromatic rings. The van der Waals surface area contributed by atoms with Crippen LogP contribution in [0.5, 0.6) is 0 Å². The Labute approximate surface area is 114 Å². The monoisotopic (exact) mass is 276 g/mol. The zero-order valence-electron chi connectivity index (χ0n) is 11.3. The minimum absolute atomic E-state index is 0.0675. The van der Waals surface area contributed by atoms with Crippen LogP contribution in [0.15, 0.2) is 23.0 Å². The van der Waals surface area contributed by atoms with Crippen LogP contribution in [0.3, 0.4) is 0 Å². The Morgan fingerprint density at radius 3 is 2.45 bits per heavy atom. The van der Waals surface area contributed by atoms with Gasteiger partial charge in [0, 0.05) is 12.0 Å². The van der Waals surface area contributed by atoms with Crippen molar-refractivity contribution in [2.45, 2.75) is 26.7 Å². The molecular formula is C14H16N2O4. The minimum Gasteiger partial charge on any atom is -0.481 e. The van der Waals surface area contributed by atoms with Crippen molar-refractivity contribution >= 4 is 22.8 Å². The van der Waals surface area contributed by atoms with Gasteiger partial charge in [-0.05, 0) is 23.6 Å². The number of hydrogen-bond donors (Lipinski definition) is 3. The van der Waals surface area contributed by atoms with E-state index in [1.807, 2.05) is 0 Å². The smallest absolute Gasteiger partial charge is 0.323 e. The summed E-state index contributed by atoms with van der Waals surface area (Å²) in [5.74, 6) is -1.06. The Bertz CT molecular complexity index is 724. The van der Waals surface area contributed by atoms with Crippen molar-refractivity contribution in [1.29, 1.82) is 0 Å². The highest BCUT2D eigenvalue weighted by atomic mass is 16.4. The van der Waals surface area contributed by atoms with Gasteiger partial charge in [-0.1, -0.05) is 13.8 Å². The number of carbonyl (C=O) groups excluding carboxylic acids is 1. The summed E-state index contributed by atoms with van der Waals surface area (Å²) in [5, 5.41) is 8.82. The lowest BCUT2D eigenvalue weighted by Gasteiger charge is -2.21. The van der Waals surface area contributed by atoms with E-state index in [1.54, 1.807) is 32.0 Å². The van der Waals surface area contributed by atoms with Crippen LogP contribution in [0.4, 0.5) is 0 Å². The summed E-state index contributed by atoms with van der Waals surface area (Å²) in [5.41, 5.74) is 0.735. The maximum absolute atomic E-state index is 12.2. The van der Waals surface area contributed by atoms with Gasteiger partial charge in [-0.25, -0.2) is 4.79 Å². The Hall–Kier alpha value is -2.37. The van der Waals surface area contributed by atoms with Gasteiger partial charge in [0.2, 0.25) is 0 Å². The van der Waals surface area contributed by atoms with E-state index in [2.05, 4.69) is 9.97 Å². The van der Waals surface area contributed by atoms with E-state index in [-0.39, 0.29) is 24.3 Å². The number of aromatic nitrogens is 2. The lowest BCUT2D eigenvalue weighted by atomic mass is 9.82. The van der Waals surface area contributed by atoms with Crippen LogP contribution in [0.25, 0.3) is 11.0 Å². The number of H-pyrrole nitrogens is 2. The van der Waals surface area contributed by atoms with Gasteiger partial charge >= 0.3 is 11.7 Å². The first kappa shape index (κ1) is 14.0. The molecule has 1 heterocycles. The standard InChI is InChI=1S/C14H16N2O4/c1-14(2,7-12(18)19)6-11(17)8-3-4-9-10(5-8)16-13(20)15-9/h3-5H,6-7H2,1-2H3,(H,18,19)(H2,15,16,20). The number of nitrogens with one attached hydrogen (secondary N) is 2. The largest absolute Gasteiger partial charge is 0.481 e. The minimum atomic E-state index is -0.923. The Morgan fingerprint density at radius 1 is 1.15 bits per heavy atom. The molecule has 0 radical (unpaired) electrons. The van der Waals surface area contributed by atoms with Crippen LogP contribution in [0.2, 0.25) is 0 Å². The number of hydrogen-bond acceptors (Lipinski definition) is 3. The molecule has 2 rings (SSSR count). The molecule has 1 aromatic heterocycles. The van der Waals surface area contributed by atoms with Gasteiger partial charge in [-0.15, -0.1) is 0 Å². The second-order valence-electron chi connectivity index (χ2n) is 5.67. The summed E-state index contributed by atoms with van der Waals surface area (Å²) in [6, 6.07) is 4.89. The molecule has 0 spiro atoms. The normalized spacial score (nSPS) is 11.7. The Kier molecular flexibility index (Phi) is 3.48. The van der Waals surface area contributed by atoms with E-state index < -0.39 is 11.4 Å². The number of benzene rings is 1. The van der Waals surface area contributed by atoms with E-state index >= 15 is 0 Å². The highest BCUT2D eigenvalue weighted by molar-refractivity contribution is 5.99. The number of carboxylic acid groups (broad SMARTS) is 1. The fourth-order valence-corrected chi connectivity index (χ4v) is 2.21. The molecule has 3 N–H and O–H groups in total. The number of aliphatic carboxylic acids is 1. The predicted octanol–water partition coefficient (Wildman–Crippen LogP) is 1.93. The van der Waals surface area contributed by atoms with Crippen molar-refractivity contribution in [3.8, 4) is 0 Å². The zero-order valence-corrected chi connectivity index (χ0v) is 11.3. The van der Waals surface area contributed by atoms with E-state index in [0.29, 0.717) is 16.6 Å². The number of rotatable bonds is 5. The summed E-state index contributed by atoms with van der Waals surface area (Å²) >= 11 is 0. The highest BCUT2D eigenvalue weighted by Gasteiger charge is 2.25. The molecule has 0 amide bonds. The van der Waals surface area contributed by atoms with Crippen LogP contribution in [-0.2, 0) is 4.79 Å². The fourth-order valence-electron chi connectivity index (χ4n) is 2.21. The summed E-state index contributed by atoms with van der Waals surface area (Å²) in [7, 11) is 0. The molecule has 0 fully saturated rings. The van der Waals surface area contributed by atoms with Crippen LogP contribution in [0.1, 0.15) is 37.0 Å². The summed E-state index contributed by atoms with van der Waals surface area (Å²) in [6.45, 7) is 3.49. The third-order valence-corrected chi connectivity index (χ3v) is 3.11. The van der Waals surface area contributed by atoms with Gasteiger partial charge in [0.1, 0.15) is 0 Å². The molecule has 0 aliphatic heterocycles. The summed E-state index contributed by atoms with van der Waals surface area (Å²) in [6.07, 6.45) is 0.0709. The Morgan fingerprint density at radius 2 is 1.80 bits per heavy atom. The number of ketones is 1. The molecule has 0 aliphatic carbocycles. The van der Waals surface area contributed by atoms with E-state index in [0.717, 1.165) is 0 Å². The number of carbonyl (C=O) groups is 2. The summed E-state index contributed by atoms with van der Waals surface area (Å²) in [4.78, 5) is 39.3. The third kappa shape index (κ3) is 3.14. The van der Waals surface area contributed by atoms with E-state index in [1.165, 1.54) is 0 Å². The van der Waals surface area contributed by atoms with Crippen LogP contribution >= 0.6 is 0 Å². The van der Waals surface area contributed by atoms with Gasteiger partial charge in [0.05, 0.1) is 17.5 Å². The van der Waals surface area contributed by atoms with Gasteiger partial charge in [-0.3, -0.25) is 9.59 Å². The molecule has 1 aromatic carbocycles. The Balaban J connectivity index is 2.22. The average molecular weight is 276 g/mol. The van der Waals surface area contributed by atoms with Crippen molar-refractivity contribution in [1.82, 2.24) is 9.97 Å². The number of imidazole rings is 1. The molecule has 0 saturated carbocycles. The quantitative estimate of drug-likeness (QED) is 0.726. The molecule has 106 valence electrons. The van der Waals surface area contributed by atoms with Gasteiger partial charge in [-0.2, -0.15) is 0 Å². The maximum Gasteiger partial charge on any atom is 0.323 e. The molecule has 0 saturated heterocycles. The number of fused-ring (bicyclic) bond motifs is 1. The first-order valence-electron chi connectivity index (χ1n) is 6.24. The molecule has 0 atom stereocenters. The number of aromatic amines is 2. The van der Waals surface area contributed by atoms with E-state index in [9.17, 15) is 14.4 Å². The zero-order chi connectivity index (χ0) is 14.9. The van der Waals surface area contributed by atoms with Crippen LogP contribution < -0.4 is 5.69 Å². The molecule has 0 aliphatic rings. The topological polar surface area (TPSA) is 103 Å². The second kappa shape index (κ2) is 4.96. The average Bonchev–Trinajstić information content (AvgIpc) is 2.64. The fraction of sp³-hybridized carbons (Fsp3) is 0.357. The van der Waals surface area contributed by atoms with Crippen molar-refractivity contribution in [3.05, 3.63) is 34.2 Å². The van der Waals surface area contributed by atoms with E-state index in [4.69, 9.17) is 5.11 Å². The maximum atomic E-state index is 12.2. The molecule has 6 nitrogen and oxygen atoms in total. The molecule has 20 heavy (non-hydrogen) atoms. The van der Waals surface area contributed by atoms with Crippen LogP contribution in [-0.4, -0.2) is 26.8 Å². The van der Waals surface area contributed by atoms with Gasteiger partial charge < -0.3 is 15.1 Å². The van der Waals surface area contributed by atoms with Gasteiger partial charge in [0.15, 0.2) is 5.78 Å². The van der Waals surface area contributed by atoms with Crippen molar-refractivity contribution in [3.63, 3.8) is 0 Å². The highest BCUT2D eigenvalue weighted by Crippen LogP contribution is 2.27. The molecule has 6 heteroatoms. The lowest BCUT2D eigenvalue weighted by molar-refractivity contribution is -0.139. The van der Waals surface area contributed by atoms with Crippen molar-refractivity contribution < 1.29 is 14.7 Å². The predicted molar refractivity (Wildman–Crippen MR) is 73.9 cm³/mol. The molecule has 0 bridgehead atoms. The number of Topliss-reactive ketones (excluding diaryl/α,β-unsaturated/α-hetero) is 1. The van der Waals surface area contributed by atoms with Crippen LogP contribution in [0, 0.1) is 5.41 Å². The SMILES string of the molecule is CC(C)(CC(=O)O)CC(=O)c1ccc2[nH]c(=O)[nH]c2c1. The second-order valence-corrected chi connectivity index (χ2v) is 5.67. The first-order valence-corrected chi connectivity index (χ1v) is 6.24. The third-order valence-electron chi connectivity index (χ3n) is 3.11. The summed E-state index contributed by atoms with van der Waals surface area (Å²) < 4.78 is 0. The van der Waals surface area contributed by atoms with Crippen molar-refractivity contribution in [2.75, 3.05) is 0 Å². The van der Waals surface area contributed by atoms with Crippen molar-refractivity contribution in [2.24, 2.45) is 5.41 Å². The lowest BCUT2D eigenvalue weighted by Crippen LogP contribution is -2.21. The molecular weight excluding hydrogens is 260 g/mol. The molecule has 0 unspecified atom stereocenters.